The fourth-order valence-electron chi connectivity index (χ4n) is 3.16. The second kappa shape index (κ2) is 7.43. The molecule has 4 rings (SSSR count). The Hall–Kier alpha value is -3.44. The molecule has 0 amide bonds. The fourth-order valence-corrected chi connectivity index (χ4v) is 3.16. The van der Waals surface area contributed by atoms with Crippen LogP contribution in [-0.2, 0) is 0 Å². The SMILES string of the molecule is N#Cc1cnc(Nc2cc(-c3ccccc3O[C@@H]3CC[C@H](N)C3)[nH]n2)cn1. The minimum Gasteiger partial charge on any atom is -0.490 e. The summed E-state index contributed by atoms with van der Waals surface area (Å²) in [5.74, 6) is 1.92. The lowest BCUT2D eigenvalue weighted by atomic mass is 10.1. The second-order valence-corrected chi connectivity index (χ2v) is 6.50. The predicted octanol–water partition coefficient (Wildman–Crippen LogP) is 2.74. The van der Waals surface area contributed by atoms with E-state index in [2.05, 4.69) is 25.5 Å². The van der Waals surface area contributed by atoms with Crippen LogP contribution in [0.25, 0.3) is 11.3 Å². The lowest BCUT2D eigenvalue weighted by Gasteiger charge is -2.16. The Kier molecular flexibility index (Phi) is 4.68. The van der Waals surface area contributed by atoms with E-state index in [9.17, 15) is 0 Å². The number of nitrogens with one attached hydrogen (secondary N) is 2. The Bertz CT molecular complexity index is 961. The first-order chi connectivity index (χ1) is 13.2. The summed E-state index contributed by atoms with van der Waals surface area (Å²) in [6, 6.07) is 11.9. The van der Waals surface area contributed by atoms with Crippen molar-refractivity contribution in [1.29, 1.82) is 5.26 Å². The number of nitriles is 1. The van der Waals surface area contributed by atoms with Crippen LogP contribution in [0.1, 0.15) is 25.0 Å². The van der Waals surface area contributed by atoms with Crippen molar-refractivity contribution >= 4 is 11.6 Å². The molecule has 0 spiro atoms. The summed E-state index contributed by atoms with van der Waals surface area (Å²) in [6.45, 7) is 0. The molecule has 136 valence electrons. The van der Waals surface area contributed by atoms with Crippen LogP contribution < -0.4 is 15.8 Å². The number of hydrogen-bond acceptors (Lipinski definition) is 7. The number of rotatable bonds is 5. The molecule has 0 bridgehead atoms. The highest BCUT2D eigenvalue weighted by Crippen LogP contribution is 2.33. The van der Waals surface area contributed by atoms with Crippen molar-refractivity contribution in [2.24, 2.45) is 5.73 Å². The Balaban J connectivity index is 1.52. The molecule has 4 N–H and O–H groups in total. The summed E-state index contributed by atoms with van der Waals surface area (Å²) in [4.78, 5) is 8.11. The molecule has 1 saturated carbocycles. The number of aromatic amines is 1. The molecule has 0 unspecified atom stereocenters. The van der Waals surface area contributed by atoms with E-state index in [0.29, 0.717) is 11.6 Å². The maximum Gasteiger partial charge on any atom is 0.158 e. The number of nitrogens with zero attached hydrogens (tertiary/aromatic N) is 4. The molecule has 2 aromatic heterocycles. The molecule has 27 heavy (non-hydrogen) atoms. The van der Waals surface area contributed by atoms with Crippen LogP contribution in [0.15, 0.2) is 42.7 Å². The monoisotopic (exact) mass is 361 g/mol. The van der Waals surface area contributed by atoms with Gasteiger partial charge in [0.05, 0.1) is 18.1 Å². The Labute approximate surface area is 156 Å². The predicted molar refractivity (Wildman–Crippen MR) is 100 cm³/mol. The van der Waals surface area contributed by atoms with Crippen LogP contribution >= 0.6 is 0 Å². The molecule has 0 radical (unpaired) electrons. The average molecular weight is 361 g/mol. The molecule has 8 nitrogen and oxygen atoms in total. The standard InChI is InChI=1S/C19H19N7O/c20-9-13-10-23-19(11-22-13)24-18-8-16(25-26-18)15-3-1-2-4-17(15)27-14-6-5-12(21)7-14/h1-4,8,10-12,14H,5-7,21H2,(H2,23,24,25,26)/t12-,14+/m0/s1. The molecule has 8 heteroatoms. The molecular formula is C19H19N7O. The van der Waals surface area contributed by atoms with Gasteiger partial charge in [0.25, 0.3) is 0 Å². The van der Waals surface area contributed by atoms with Gasteiger partial charge in [0.1, 0.15) is 23.7 Å². The van der Waals surface area contributed by atoms with E-state index in [1.807, 2.05) is 36.4 Å². The van der Waals surface area contributed by atoms with Crippen LogP contribution in [0.4, 0.5) is 11.6 Å². The molecule has 1 fully saturated rings. The maximum absolute atomic E-state index is 8.78. The summed E-state index contributed by atoms with van der Waals surface area (Å²) in [5.41, 5.74) is 8.02. The third-order valence-electron chi connectivity index (χ3n) is 4.50. The van der Waals surface area contributed by atoms with E-state index in [0.717, 1.165) is 36.3 Å². The molecule has 2 heterocycles. The minimum absolute atomic E-state index is 0.149. The third kappa shape index (κ3) is 3.88. The summed E-state index contributed by atoms with van der Waals surface area (Å²) in [6.07, 6.45) is 5.90. The molecule has 0 aliphatic heterocycles. The topological polar surface area (TPSA) is 126 Å². The van der Waals surface area contributed by atoms with Crippen LogP contribution in [0.5, 0.6) is 5.75 Å². The Morgan fingerprint density at radius 3 is 2.81 bits per heavy atom. The van der Waals surface area contributed by atoms with E-state index in [-0.39, 0.29) is 17.8 Å². The van der Waals surface area contributed by atoms with Gasteiger partial charge >= 0.3 is 0 Å². The minimum atomic E-state index is 0.149. The first-order valence-electron chi connectivity index (χ1n) is 8.77. The molecule has 3 aromatic rings. The van der Waals surface area contributed by atoms with Gasteiger partial charge in [-0.25, -0.2) is 9.97 Å². The highest BCUT2D eigenvalue weighted by molar-refractivity contribution is 5.70. The van der Waals surface area contributed by atoms with Crippen molar-refractivity contribution in [3.8, 4) is 23.1 Å². The van der Waals surface area contributed by atoms with Gasteiger partial charge in [0.2, 0.25) is 0 Å². The van der Waals surface area contributed by atoms with Gasteiger partial charge in [-0.1, -0.05) is 12.1 Å². The number of aromatic nitrogens is 4. The number of H-pyrrole nitrogens is 1. The second-order valence-electron chi connectivity index (χ2n) is 6.50. The van der Waals surface area contributed by atoms with Gasteiger partial charge in [-0.15, -0.1) is 0 Å². The van der Waals surface area contributed by atoms with E-state index in [4.69, 9.17) is 15.7 Å². The van der Waals surface area contributed by atoms with Crippen molar-refractivity contribution in [2.75, 3.05) is 5.32 Å². The lowest BCUT2D eigenvalue weighted by molar-refractivity contribution is 0.209. The van der Waals surface area contributed by atoms with Crippen LogP contribution in [0.3, 0.4) is 0 Å². The van der Waals surface area contributed by atoms with Crippen LogP contribution in [0.2, 0.25) is 0 Å². The van der Waals surface area contributed by atoms with E-state index in [1.54, 1.807) is 0 Å². The summed E-state index contributed by atoms with van der Waals surface area (Å²) in [5, 5.41) is 19.1. The summed E-state index contributed by atoms with van der Waals surface area (Å²) < 4.78 is 6.18. The van der Waals surface area contributed by atoms with Gasteiger partial charge in [-0.2, -0.15) is 10.4 Å². The number of para-hydroxylation sites is 1. The van der Waals surface area contributed by atoms with Crippen LogP contribution in [-0.4, -0.2) is 32.3 Å². The smallest absolute Gasteiger partial charge is 0.158 e. The Morgan fingerprint density at radius 1 is 1.19 bits per heavy atom. The maximum atomic E-state index is 8.78. The number of hydrogen-bond donors (Lipinski definition) is 3. The van der Waals surface area contributed by atoms with E-state index >= 15 is 0 Å². The normalized spacial score (nSPS) is 18.8. The van der Waals surface area contributed by atoms with Crippen molar-refractivity contribution in [2.45, 2.75) is 31.4 Å². The zero-order valence-electron chi connectivity index (χ0n) is 14.6. The average Bonchev–Trinajstić information content (AvgIpc) is 3.32. The van der Waals surface area contributed by atoms with Gasteiger partial charge in [0.15, 0.2) is 11.5 Å². The molecule has 1 aliphatic carbocycles. The molecule has 1 aromatic carbocycles. The van der Waals surface area contributed by atoms with E-state index in [1.165, 1.54) is 12.4 Å². The third-order valence-corrected chi connectivity index (χ3v) is 4.50. The molecule has 0 saturated heterocycles. The van der Waals surface area contributed by atoms with Gasteiger partial charge in [-0.3, -0.25) is 5.10 Å². The summed E-state index contributed by atoms with van der Waals surface area (Å²) in [7, 11) is 0. The first kappa shape index (κ1) is 17.0. The number of nitrogens with two attached hydrogens (primary N) is 1. The molecule has 1 aliphatic rings. The molecule has 2 atom stereocenters. The van der Waals surface area contributed by atoms with E-state index < -0.39 is 0 Å². The fraction of sp³-hybridized carbons (Fsp3) is 0.263. The van der Waals surface area contributed by atoms with Gasteiger partial charge in [-0.05, 0) is 31.4 Å². The largest absolute Gasteiger partial charge is 0.490 e. The zero-order chi connectivity index (χ0) is 18.6. The van der Waals surface area contributed by atoms with Crippen LogP contribution in [0, 0.1) is 11.3 Å². The Morgan fingerprint density at radius 2 is 2.07 bits per heavy atom. The van der Waals surface area contributed by atoms with Gasteiger partial charge < -0.3 is 15.8 Å². The van der Waals surface area contributed by atoms with Crippen molar-refractivity contribution in [3.63, 3.8) is 0 Å². The lowest BCUT2D eigenvalue weighted by Crippen LogP contribution is -2.19. The summed E-state index contributed by atoms with van der Waals surface area (Å²) >= 11 is 0. The molecular weight excluding hydrogens is 342 g/mol. The number of anilines is 2. The number of ether oxygens (including phenoxy) is 1. The first-order valence-corrected chi connectivity index (χ1v) is 8.77. The van der Waals surface area contributed by atoms with Crippen molar-refractivity contribution in [1.82, 2.24) is 20.2 Å². The highest BCUT2D eigenvalue weighted by Gasteiger charge is 2.24. The zero-order valence-corrected chi connectivity index (χ0v) is 14.6. The highest BCUT2D eigenvalue weighted by atomic mass is 16.5. The van der Waals surface area contributed by atoms with Crippen molar-refractivity contribution < 1.29 is 4.74 Å². The number of benzene rings is 1. The quantitative estimate of drug-likeness (QED) is 0.638. The van der Waals surface area contributed by atoms with Gasteiger partial charge in [0, 0.05) is 17.7 Å². The van der Waals surface area contributed by atoms with Crippen molar-refractivity contribution in [3.05, 3.63) is 48.4 Å².